The lowest BCUT2D eigenvalue weighted by Crippen LogP contribution is -2.54. The van der Waals surface area contributed by atoms with E-state index in [0.29, 0.717) is 57.2 Å². The zero-order chi connectivity index (χ0) is 20.4. The van der Waals surface area contributed by atoms with E-state index in [2.05, 4.69) is 20.5 Å². The molecule has 0 bridgehead atoms. The molecule has 0 spiro atoms. The zero-order valence-corrected chi connectivity index (χ0v) is 16.7. The zero-order valence-electron chi connectivity index (χ0n) is 16.7. The lowest BCUT2D eigenvalue weighted by atomic mass is 10.2. The van der Waals surface area contributed by atoms with Crippen molar-refractivity contribution in [3.8, 4) is 5.75 Å². The number of ether oxygens (including phenoxy) is 2. The number of carbonyl (C=O) groups is 2. The molecule has 0 saturated carbocycles. The summed E-state index contributed by atoms with van der Waals surface area (Å²) < 4.78 is 10.2. The van der Waals surface area contributed by atoms with Crippen molar-refractivity contribution in [2.45, 2.75) is 6.92 Å². The van der Waals surface area contributed by atoms with Crippen LogP contribution in [0.25, 0.3) is 0 Å². The summed E-state index contributed by atoms with van der Waals surface area (Å²) >= 11 is 0. The molecule has 1 aromatic rings. The summed E-state index contributed by atoms with van der Waals surface area (Å²) in [7, 11) is 3.29. The molecule has 154 valence electrons. The molecular formula is C19H29N5O4. The first kappa shape index (κ1) is 21.3. The molecule has 0 aliphatic carbocycles. The van der Waals surface area contributed by atoms with Gasteiger partial charge in [-0.1, -0.05) is 6.07 Å². The van der Waals surface area contributed by atoms with Gasteiger partial charge in [0.15, 0.2) is 5.96 Å². The standard InChI is InChI=1S/C19H29N5O4/c1-4-28-19(26)24-12-10-23(11-13-24)18(20-2)22-9-8-21-17(25)15-6-5-7-16(14-15)27-3/h5-7,14H,4,8-13H2,1-3H3,(H,20,22)(H,21,25). The molecule has 1 aliphatic heterocycles. The highest BCUT2D eigenvalue weighted by Crippen LogP contribution is 2.12. The molecule has 1 fully saturated rings. The highest BCUT2D eigenvalue weighted by molar-refractivity contribution is 5.94. The van der Waals surface area contributed by atoms with E-state index in [4.69, 9.17) is 9.47 Å². The normalized spacial score (nSPS) is 14.5. The molecule has 0 atom stereocenters. The second kappa shape index (κ2) is 11.0. The highest BCUT2D eigenvalue weighted by atomic mass is 16.6. The minimum atomic E-state index is -0.273. The van der Waals surface area contributed by atoms with E-state index in [-0.39, 0.29) is 12.0 Å². The Hall–Kier alpha value is -2.97. The molecule has 2 rings (SSSR count). The van der Waals surface area contributed by atoms with Crippen molar-refractivity contribution in [1.82, 2.24) is 20.4 Å². The van der Waals surface area contributed by atoms with Crippen molar-refractivity contribution in [1.29, 1.82) is 0 Å². The van der Waals surface area contributed by atoms with Gasteiger partial charge in [-0.3, -0.25) is 9.79 Å². The predicted molar refractivity (Wildman–Crippen MR) is 107 cm³/mol. The summed E-state index contributed by atoms with van der Waals surface area (Å²) in [6.07, 6.45) is -0.273. The Morgan fingerprint density at radius 2 is 1.79 bits per heavy atom. The third-order valence-electron chi connectivity index (χ3n) is 4.34. The second-order valence-electron chi connectivity index (χ2n) is 6.13. The number of hydrogen-bond donors (Lipinski definition) is 2. The van der Waals surface area contributed by atoms with Gasteiger partial charge in [0, 0.05) is 51.9 Å². The number of hydrogen-bond acceptors (Lipinski definition) is 5. The Balaban J connectivity index is 1.73. The van der Waals surface area contributed by atoms with Gasteiger partial charge in [-0.25, -0.2) is 4.79 Å². The van der Waals surface area contributed by atoms with Gasteiger partial charge in [-0.05, 0) is 25.1 Å². The molecular weight excluding hydrogens is 362 g/mol. The van der Waals surface area contributed by atoms with E-state index >= 15 is 0 Å². The van der Waals surface area contributed by atoms with Crippen LogP contribution in [0.1, 0.15) is 17.3 Å². The van der Waals surface area contributed by atoms with Crippen molar-refractivity contribution in [2.24, 2.45) is 4.99 Å². The maximum atomic E-state index is 12.2. The van der Waals surface area contributed by atoms with E-state index in [0.717, 1.165) is 5.96 Å². The monoisotopic (exact) mass is 391 g/mol. The Bertz CT molecular complexity index is 687. The van der Waals surface area contributed by atoms with Crippen LogP contribution in [0.4, 0.5) is 4.79 Å². The Kier molecular flexibility index (Phi) is 8.38. The first-order valence-electron chi connectivity index (χ1n) is 9.38. The van der Waals surface area contributed by atoms with Crippen molar-refractivity contribution in [3.05, 3.63) is 29.8 Å². The van der Waals surface area contributed by atoms with E-state index in [1.165, 1.54) is 0 Å². The Morgan fingerprint density at radius 1 is 1.11 bits per heavy atom. The fraction of sp³-hybridized carbons (Fsp3) is 0.526. The van der Waals surface area contributed by atoms with Gasteiger partial charge in [0.1, 0.15) is 5.75 Å². The summed E-state index contributed by atoms with van der Waals surface area (Å²) in [6.45, 7) is 5.70. The summed E-state index contributed by atoms with van der Waals surface area (Å²) in [6, 6.07) is 7.02. The minimum absolute atomic E-state index is 0.154. The van der Waals surface area contributed by atoms with Gasteiger partial charge < -0.3 is 29.9 Å². The number of carbonyl (C=O) groups excluding carboxylic acids is 2. The quantitative estimate of drug-likeness (QED) is 0.423. The lowest BCUT2D eigenvalue weighted by Gasteiger charge is -2.35. The molecule has 1 aromatic carbocycles. The van der Waals surface area contributed by atoms with Crippen LogP contribution in [0.2, 0.25) is 0 Å². The van der Waals surface area contributed by atoms with Crippen LogP contribution in [0.5, 0.6) is 5.75 Å². The predicted octanol–water partition coefficient (Wildman–Crippen LogP) is 0.775. The molecule has 28 heavy (non-hydrogen) atoms. The van der Waals surface area contributed by atoms with Gasteiger partial charge in [0.25, 0.3) is 5.91 Å². The van der Waals surface area contributed by atoms with Crippen LogP contribution in [-0.4, -0.2) is 87.8 Å². The van der Waals surface area contributed by atoms with Crippen LogP contribution >= 0.6 is 0 Å². The van der Waals surface area contributed by atoms with Crippen molar-refractivity contribution >= 4 is 18.0 Å². The number of benzene rings is 1. The Morgan fingerprint density at radius 3 is 2.43 bits per heavy atom. The first-order valence-corrected chi connectivity index (χ1v) is 9.38. The third-order valence-corrected chi connectivity index (χ3v) is 4.34. The van der Waals surface area contributed by atoms with Crippen LogP contribution in [0, 0.1) is 0 Å². The highest BCUT2D eigenvalue weighted by Gasteiger charge is 2.23. The molecule has 2 amide bonds. The number of nitrogens with one attached hydrogen (secondary N) is 2. The van der Waals surface area contributed by atoms with Gasteiger partial charge in [0.05, 0.1) is 13.7 Å². The van der Waals surface area contributed by atoms with Gasteiger partial charge in [0.2, 0.25) is 0 Å². The van der Waals surface area contributed by atoms with Gasteiger partial charge in [-0.2, -0.15) is 0 Å². The maximum Gasteiger partial charge on any atom is 0.409 e. The number of aliphatic imine (C=N–C) groups is 1. The number of amides is 2. The number of piperazine rings is 1. The summed E-state index contributed by atoms with van der Waals surface area (Å²) in [5.74, 6) is 1.24. The fourth-order valence-corrected chi connectivity index (χ4v) is 2.86. The molecule has 1 aliphatic rings. The van der Waals surface area contributed by atoms with Crippen molar-refractivity contribution in [3.63, 3.8) is 0 Å². The number of nitrogens with zero attached hydrogens (tertiary/aromatic N) is 3. The molecule has 9 nitrogen and oxygen atoms in total. The summed E-state index contributed by atoms with van der Waals surface area (Å²) in [4.78, 5) is 32.0. The Labute approximate surface area is 165 Å². The summed E-state index contributed by atoms with van der Waals surface area (Å²) in [5.41, 5.74) is 0.554. The largest absolute Gasteiger partial charge is 0.497 e. The molecule has 0 radical (unpaired) electrons. The number of rotatable bonds is 6. The molecule has 0 unspecified atom stereocenters. The van der Waals surface area contributed by atoms with Crippen LogP contribution in [0.15, 0.2) is 29.3 Å². The molecule has 1 saturated heterocycles. The van der Waals surface area contributed by atoms with Gasteiger partial charge in [-0.15, -0.1) is 0 Å². The van der Waals surface area contributed by atoms with Crippen LogP contribution in [-0.2, 0) is 4.74 Å². The van der Waals surface area contributed by atoms with Crippen molar-refractivity contribution in [2.75, 3.05) is 60.0 Å². The first-order chi connectivity index (χ1) is 13.6. The molecule has 1 heterocycles. The average Bonchev–Trinajstić information content (AvgIpc) is 2.74. The maximum absolute atomic E-state index is 12.2. The molecule has 2 N–H and O–H groups in total. The SMILES string of the molecule is CCOC(=O)N1CCN(C(=NC)NCCNC(=O)c2cccc(OC)c2)CC1. The topological polar surface area (TPSA) is 95.5 Å². The van der Waals surface area contributed by atoms with E-state index in [1.807, 2.05) is 0 Å². The fourth-order valence-electron chi connectivity index (χ4n) is 2.86. The second-order valence-corrected chi connectivity index (χ2v) is 6.13. The summed E-state index contributed by atoms with van der Waals surface area (Å²) in [5, 5.41) is 6.11. The van der Waals surface area contributed by atoms with E-state index in [9.17, 15) is 9.59 Å². The van der Waals surface area contributed by atoms with Gasteiger partial charge >= 0.3 is 6.09 Å². The minimum Gasteiger partial charge on any atom is -0.497 e. The van der Waals surface area contributed by atoms with E-state index < -0.39 is 0 Å². The van der Waals surface area contributed by atoms with E-state index in [1.54, 1.807) is 50.2 Å². The lowest BCUT2D eigenvalue weighted by molar-refractivity contribution is 0.0914. The van der Waals surface area contributed by atoms with Crippen molar-refractivity contribution < 1.29 is 19.1 Å². The molecule has 0 aromatic heterocycles. The number of methoxy groups -OCH3 is 1. The van der Waals surface area contributed by atoms with Crippen LogP contribution < -0.4 is 15.4 Å². The average molecular weight is 391 g/mol. The van der Waals surface area contributed by atoms with Crippen LogP contribution in [0.3, 0.4) is 0 Å². The third kappa shape index (κ3) is 6.04. The smallest absolute Gasteiger partial charge is 0.409 e. The number of guanidine groups is 1. The molecule has 9 heteroatoms.